The Balaban J connectivity index is 1.92. The highest BCUT2D eigenvalue weighted by Crippen LogP contribution is 2.22. The number of nitrogens with one attached hydrogen (secondary N) is 2. The van der Waals surface area contributed by atoms with Crippen molar-refractivity contribution in [2.24, 2.45) is 0 Å². The molecular formula is C17H25N3O2S. The number of carbonyl (C=O) groups is 1. The first kappa shape index (κ1) is 17.5. The number of hydrogen-bond donors (Lipinski definition) is 2. The molecular weight excluding hydrogens is 310 g/mol. The number of carbonyl (C=O) groups excluding carboxylic acids is 1. The Labute approximate surface area is 143 Å². The molecule has 1 amide bonds. The summed E-state index contributed by atoms with van der Waals surface area (Å²) in [6.45, 7) is 9.14. The molecule has 6 heteroatoms. The van der Waals surface area contributed by atoms with E-state index in [1.807, 2.05) is 36.1 Å². The first-order chi connectivity index (χ1) is 10.8. The van der Waals surface area contributed by atoms with Crippen molar-refractivity contribution in [1.82, 2.24) is 10.2 Å². The van der Waals surface area contributed by atoms with Gasteiger partial charge in [-0.25, -0.2) is 0 Å². The van der Waals surface area contributed by atoms with Crippen LogP contribution in [0.4, 0.5) is 5.69 Å². The Morgan fingerprint density at radius 3 is 2.65 bits per heavy atom. The van der Waals surface area contributed by atoms with Gasteiger partial charge in [0, 0.05) is 17.3 Å². The maximum atomic E-state index is 12.3. The van der Waals surface area contributed by atoms with Crippen molar-refractivity contribution in [3.8, 4) is 5.75 Å². The second kappa shape index (κ2) is 7.17. The fourth-order valence-corrected chi connectivity index (χ4v) is 3.37. The minimum atomic E-state index is -0.0788. The van der Waals surface area contributed by atoms with Crippen LogP contribution in [0.15, 0.2) is 24.3 Å². The van der Waals surface area contributed by atoms with Gasteiger partial charge in [-0.2, -0.15) is 0 Å². The topological polar surface area (TPSA) is 53.6 Å². The van der Waals surface area contributed by atoms with Crippen LogP contribution in [0.2, 0.25) is 0 Å². The SMILES string of the molecule is CCOc1ccc(NC(=O)CN2C(=S)NC(C)(C)C[C@@H]2C)cc1. The molecule has 0 saturated carbocycles. The van der Waals surface area contributed by atoms with Crippen molar-refractivity contribution in [2.75, 3.05) is 18.5 Å². The summed E-state index contributed by atoms with van der Waals surface area (Å²) in [6.07, 6.45) is 0.934. The summed E-state index contributed by atoms with van der Waals surface area (Å²) in [5.74, 6) is 0.715. The zero-order valence-electron chi connectivity index (χ0n) is 14.2. The molecule has 2 N–H and O–H groups in total. The average Bonchev–Trinajstić information content (AvgIpc) is 2.44. The Kier molecular flexibility index (Phi) is 5.46. The highest BCUT2D eigenvalue weighted by atomic mass is 32.1. The van der Waals surface area contributed by atoms with Gasteiger partial charge in [0.25, 0.3) is 0 Å². The molecule has 1 aromatic rings. The number of rotatable bonds is 5. The number of anilines is 1. The summed E-state index contributed by atoms with van der Waals surface area (Å²) in [7, 11) is 0. The fraction of sp³-hybridized carbons (Fsp3) is 0.529. The van der Waals surface area contributed by atoms with E-state index in [9.17, 15) is 4.79 Å². The molecule has 1 atom stereocenters. The standard InChI is InChI=1S/C17H25N3O2S/c1-5-22-14-8-6-13(7-9-14)18-15(21)11-20-12(2)10-17(3,4)19-16(20)23/h6-9,12H,5,10-11H2,1-4H3,(H,18,21)(H,19,23)/t12-/m0/s1. The van der Waals surface area contributed by atoms with Crippen molar-refractivity contribution in [2.45, 2.75) is 45.7 Å². The smallest absolute Gasteiger partial charge is 0.243 e. The lowest BCUT2D eigenvalue weighted by Crippen LogP contribution is -2.61. The number of thiocarbonyl (C=S) groups is 1. The molecule has 0 spiro atoms. The third kappa shape index (κ3) is 4.82. The molecule has 1 saturated heterocycles. The molecule has 0 radical (unpaired) electrons. The van der Waals surface area contributed by atoms with Gasteiger partial charge >= 0.3 is 0 Å². The minimum Gasteiger partial charge on any atom is -0.494 e. The molecule has 0 bridgehead atoms. The molecule has 1 aliphatic heterocycles. The van der Waals surface area contributed by atoms with E-state index in [0.29, 0.717) is 11.7 Å². The number of amides is 1. The molecule has 1 aliphatic rings. The summed E-state index contributed by atoms with van der Waals surface area (Å²) in [5, 5.41) is 6.82. The Hall–Kier alpha value is -1.82. The van der Waals surface area contributed by atoms with Gasteiger partial charge in [-0.15, -0.1) is 0 Å². The molecule has 1 aromatic carbocycles. The summed E-state index contributed by atoms with van der Waals surface area (Å²) >= 11 is 5.40. The van der Waals surface area contributed by atoms with Gasteiger partial charge in [0.15, 0.2) is 5.11 Å². The van der Waals surface area contributed by atoms with Gasteiger partial charge < -0.3 is 20.3 Å². The molecule has 0 aliphatic carbocycles. The number of benzene rings is 1. The van der Waals surface area contributed by atoms with E-state index in [1.54, 1.807) is 0 Å². The summed E-state index contributed by atoms with van der Waals surface area (Å²) < 4.78 is 5.39. The first-order valence-corrected chi connectivity index (χ1v) is 8.33. The van der Waals surface area contributed by atoms with Crippen LogP contribution in [-0.4, -0.2) is 40.7 Å². The third-order valence-electron chi connectivity index (χ3n) is 3.81. The van der Waals surface area contributed by atoms with Crippen molar-refractivity contribution in [3.63, 3.8) is 0 Å². The van der Waals surface area contributed by atoms with E-state index in [-0.39, 0.29) is 24.0 Å². The quantitative estimate of drug-likeness (QED) is 0.811. The molecule has 1 heterocycles. The van der Waals surface area contributed by atoms with Gasteiger partial charge in [-0.1, -0.05) is 0 Å². The second-order valence-corrected chi connectivity index (χ2v) is 6.89. The van der Waals surface area contributed by atoms with Gasteiger partial charge in [0.2, 0.25) is 5.91 Å². The number of hydrogen-bond acceptors (Lipinski definition) is 3. The molecule has 5 nitrogen and oxygen atoms in total. The van der Waals surface area contributed by atoms with E-state index in [0.717, 1.165) is 17.9 Å². The van der Waals surface area contributed by atoms with Gasteiger partial charge in [-0.05, 0) is 70.6 Å². The average molecular weight is 335 g/mol. The van der Waals surface area contributed by atoms with Crippen molar-refractivity contribution in [1.29, 1.82) is 0 Å². The highest BCUT2D eigenvalue weighted by molar-refractivity contribution is 7.80. The van der Waals surface area contributed by atoms with Crippen molar-refractivity contribution in [3.05, 3.63) is 24.3 Å². The van der Waals surface area contributed by atoms with E-state index in [2.05, 4.69) is 31.4 Å². The van der Waals surface area contributed by atoms with E-state index in [1.165, 1.54) is 0 Å². The maximum Gasteiger partial charge on any atom is 0.243 e. The van der Waals surface area contributed by atoms with Gasteiger partial charge in [-0.3, -0.25) is 4.79 Å². The Morgan fingerprint density at radius 2 is 2.09 bits per heavy atom. The lowest BCUT2D eigenvalue weighted by molar-refractivity contribution is -0.117. The van der Waals surface area contributed by atoms with Crippen LogP contribution < -0.4 is 15.4 Å². The minimum absolute atomic E-state index is 0.0292. The molecule has 0 unspecified atom stereocenters. The lowest BCUT2D eigenvalue weighted by Gasteiger charge is -2.44. The third-order valence-corrected chi connectivity index (χ3v) is 4.14. The zero-order valence-corrected chi connectivity index (χ0v) is 15.0. The molecule has 0 aromatic heterocycles. The van der Waals surface area contributed by atoms with Crippen LogP contribution in [0.25, 0.3) is 0 Å². The van der Waals surface area contributed by atoms with Crippen molar-refractivity contribution >= 4 is 28.9 Å². The normalized spacial score (nSPS) is 19.9. The van der Waals surface area contributed by atoms with Gasteiger partial charge in [0.1, 0.15) is 5.75 Å². The van der Waals surface area contributed by atoms with Crippen LogP contribution in [0, 0.1) is 0 Å². The van der Waals surface area contributed by atoms with E-state index < -0.39 is 0 Å². The molecule has 1 fully saturated rings. The summed E-state index contributed by atoms with van der Waals surface area (Å²) in [5.41, 5.74) is 0.723. The second-order valence-electron chi connectivity index (χ2n) is 6.50. The van der Waals surface area contributed by atoms with Gasteiger partial charge in [0.05, 0.1) is 13.2 Å². The van der Waals surface area contributed by atoms with Crippen LogP contribution in [0.5, 0.6) is 5.75 Å². The Morgan fingerprint density at radius 1 is 1.43 bits per heavy atom. The fourth-order valence-electron chi connectivity index (χ4n) is 2.85. The Bertz CT molecular complexity index is 572. The van der Waals surface area contributed by atoms with Crippen LogP contribution >= 0.6 is 12.2 Å². The summed E-state index contributed by atoms with van der Waals surface area (Å²) in [4.78, 5) is 14.2. The maximum absolute atomic E-state index is 12.3. The van der Waals surface area contributed by atoms with Crippen molar-refractivity contribution < 1.29 is 9.53 Å². The summed E-state index contributed by atoms with van der Waals surface area (Å²) in [6, 6.07) is 7.59. The largest absolute Gasteiger partial charge is 0.494 e. The van der Waals surface area contributed by atoms with Crippen LogP contribution in [0.1, 0.15) is 34.1 Å². The predicted molar refractivity (Wildman–Crippen MR) is 96.8 cm³/mol. The highest BCUT2D eigenvalue weighted by Gasteiger charge is 2.33. The zero-order chi connectivity index (χ0) is 17.0. The molecule has 2 rings (SSSR count). The lowest BCUT2D eigenvalue weighted by atomic mass is 9.93. The molecule has 126 valence electrons. The predicted octanol–water partition coefficient (Wildman–Crippen LogP) is 2.77. The molecule has 23 heavy (non-hydrogen) atoms. The first-order valence-electron chi connectivity index (χ1n) is 7.92. The van der Waals surface area contributed by atoms with E-state index in [4.69, 9.17) is 17.0 Å². The van der Waals surface area contributed by atoms with Crippen LogP contribution in [-0.2, 0) is 4.79 Å². The van der Waals surface area contributed by atoms with E-state index >= 15 is 0 Å². The number of ether oxygens (including phenoxy) is 1. The monoisotopic (exact) mass is 335 g/mol. The van der Waals surface area contributed by atoms with Crippen LogP contribution in [0.3, 0.4) is 0 Å². The number of nitrogens with zero attached hydrogens (tertiary/aromatic N) is 1.